The first-order valence-electron chi connectivity index (χ1n) is 5.83. The molecule has 1 aromatic rings. The van der Waals surface area contributed by atoms with Crippen molar-refractivity contribution in [1.29, 1.82) is 0 Å². The molecule has 0 saturated carbocycles. The van der Waals surface area contributed by atoms with E-state index in [1.807, 2.05) is 0 Å². The minimum absolute atomic E-state index is 0.0247. The lowest BCUT2D eigenvalue weighted by Gasteiger charge is -2.34. The average molecular weight is 337 g/mol. The standard InChI is InChI=1S/C14H9Cl2F3O2/c15-12(20)9-5-1-2-6-10(9)21-11-7-3-4-8-13(11,16)14(17,18)19/h1-8,11H. The Bertz CT molecular complexity index is 610. The predicted octanol–water partition coefficient (Wildman–Crippen LogP) is 4.48. The predicted molar refractivity (Wildman–Crippen MR) is 74.0 cm³/mol. The average Bonchev–Trinajstić information content (AvgIpc) is 2.40. The van der Waals surface area contributed by atoms with Crippen molar-refractivity contribution in [1.82, 2.24) is 0 Å². The number of hydrogen-bond donors (Lipinski definition) is 0. The van der Waals surface area contributed by atoms with Gasteiger partial charge >= 0.3 is 6.18 Å². The van der Waals surface area contributed by atoms with Gasteiger partial charge in [-0.3, -0.25) is 4.79 Å². The van der Waals surface area contributed by atoms with Crippen LogP contribution >= 0.6 is 23.2 Å². The number of alkyl halides is 4. The fourth-order valence-corrected chi connectivity index (χ4v) is 2.19. The number of carbonyl (C=O) groups is 1. The van der Waals surface area contributed by atoms with Crippen LogP contribution in [0.5, 0.6) is 5.75 Å². The first kappa shape index (κ1) is 15.9. The Morgan fingerprint density at radius 3 is 2.52 bits per heavy atom. The van der Waals surface area contributed by atoms with E-state index >= 15 is 0 Å². The Labute approximate surface area is 128 Å². The van der Waals surface area contributed by atoms with Crippen LogP contribution in [0.25, 0.3) is 0 Å². The zero-order valence-corrected chi connectivity index (χ0v) is 11.9. The van der Waals surface area contributed by atoms with Crippen LogP contribution in [0.4, 0.5) is 13.2 Å². The molecule has 112 valence electrons. The molecule has 7 heteroatoms. The second kappa shape index (κ2) is 5.73. The van der Waals surface area contributed by atoms with E-state index in [0.29, 0.717) is 0 Å². The molecule has 0 amide bonds. The van der Waals surface area contributed by atoms with Crippen molar-refractivity contribution in [3.05, 3.63) is 54.1 Å². The van der Waals surface area contributed by atoms with E-state index in [1.165, 1.54) is 42.5 Å². The van der Waals surface area contributed by atoms with Crippen LogP contribution in [0, 0.1) is 0 Å². The first-order valence-corrected chi connectivity index (χ1v) is 6.58. The molecule has 2 unspecified atom stereocenters. The third-order valence-electron chi connectivity index (χ3n) is 2.94. The number of benzene rings is 1. The Hall–Kier alpha value is -1.46. The number of para-hydroxylation sites is 1. The molecule has 1 aliphatic rings. The maximum Gasteiger partial charge on any atom is 0.415 e. The summed E-state index contributed by atoms with van der Waals surface area (Å²) in [6.45, 7) is 0. The molecule has 21 heavy (non-hydrogen) atoms. The molecule has 0 saturated heterocycles. The SMILES string of the molecule is O=C(Cl)c1ccccc1OC1C=CC=CC1(Cl)C(F)(F)F. The summed E-state index contributed by atoms with van der Waals surface area (Å²) in [6, 6.07) is 5.76. The second-order valence-electron chi connectivity index (χ2n) is 4.32. The number of hydrogen-bond acceptors (Lipinski definition) is 2. The lowest BCUT2D eigenvalue weighted by molar-refractivity contribution is -0.164. The van der Waals surface area contributed by atoms with Gasteiger partial charge in [0.15, 0.2) is 4.87 Å². The number of allylic oxidation sites excluding steroid dienone is 2. The number of ether oxygens (including phenoxy) is 1. The van der Waals surface area contributed by atoms with Crippen LogP contribution in [0.15, 0.2) is 48.6 Å². The van der Waals surface area contributed by atoms with Crippen LogP contribution in [0.1, 0.15) is 10.4 Å². The van der Waals surface area contributed by atoms with Gasteiger partial charge < -0.3 is 4.74 Å². The maximum atomic E-state index is 13.1. The van der Waals surface area contributed by atoms with Gasteiger partial charge in [0.25, 0.3) is 5.24 Å². The molecule has 0 bridgehead atoms. The van der Waals surface area contributed by atoms with Crippen LogP contribution < -0.4 is 4.74 Å². The number of carbonyl (C=O) groups excluding carboxylic acids is 1. The molecule has 0 aliphatic heterocycles. The van der Waals surface area contributed by atoms with Crippen molar-refractivity contribution in [3.8, 4) is 5.75 Å². The lowest BCUT2D eigenvalue weighted by atomic mass is 9.95. The molecule has 0 fully saturated rings. The van der Waals surface area contributed by atoms with Gasteiger partial charge in [-0.1, -0.05) is 30.4 Å². The van der Waals surface area contributed by atoms with Crippen LogP contribution in [-0.4, -0.2) is 22.4 Å². The van der Waals surface area contributed by atoms with Crippen molar-refractivity contribution in [2.75, 3.05) is 0 Å². The van der Waals surface area contributed by atoms with Crippen LogP contribution in [0.3, 0.4) is 0 Å². The Balaban J connectivity index is 2.37. The molecule has 2 atom stereocenters. The topological polar surface area (TPSA) is 26.3 Å². The van der Waals surface area contributed by atoms with Gasteiger partial charge in [0, 0.05) is 0 Å². The van der Waals surface area contributed by atoms with Crippen molar-refractivity contribution >= 4 is 28.4 Å². The van der Waals surface area contributed by atoms with E-state index in [4.69, 9.17) is 27.9 Å². The molecule has 2 rings (SSSR count). The highest BCUT2D eigenvalue weighted by Crippen LogP contribution is 2.43. The van der Waals surface area contributed by atoms with Gasteiger partial charge in [0.2, 0.25) is 0 Å². The fourth-order valence-electron chi connectivity index (χ4n) is 1.84. The summed E-state index contributed by atoms with van der Waals surface area (Å²) in [5.41, 5.74) is -0.0247. The molecular weight excluding hydrogens is 328 g/mol. The minimum atomic E-state index is -4.72. The van der Waals surface area contributed by atoms with Crippen molar-refractivity contribution < 1.29 is 22.7 Å². The van der Waals surface area contributed by atoms with Crippen LogP contribution in [-0.2, 0) is 0 Å². The molecule has 1 aromatic carbocycles. The first-order chi connectivity index (χ1) is 9.75. The molecule has 0 radical (unpaired) electrons. The summed E-state index contributed by atoms with van der Waals surface area (Å²) in [7, 11) is 0. The molecule has 2 nitrogen and oxygen atoms in total. The molecule has 0 heterocycles. The zero-order valence-electron chi connectivity index (χ0n) is 10.4. The maximum absolute atomic E-state index is 13.1. The van der Waals surface area contributed by atoms with Crippen molar-refractivity contribution in [2.24, 2.45) is 0 Å². The summed E-state index contributed by atoms with van der Waals surface area (Å²) >= 11 is 11.1. The lowest BCUT2D eigenvalue weighted by Crippen LogP contribution is -2.51. The summed E-state index contributed by atoms with van der Waals surface area (Å²) < 4.78 is 44.7. The smallest absolute Gasteiger partial charge is 0.415 e. The van der Waals surface area contributed by atoms with Gasteiger partial charge in [-0.15, -0.1) is 11.6 Å². The highest BCUT2D eigenvalue weighted by atomic mass is 35.5. The summed E-state index contributed by atoms with van der Waals surface area (Å²) in [5.74, 6) is -0.0586. The fraction of sp³-hybridized carbons (Fsp3) is 0.214. The molecule has 0 spiro atoms. The highest BCUT2D eigenvalue weighted by molar-refractivity contribution is 6.68. The molecule has 0 aromatic heterocycles. The van der Waals surface area contributed by atoms with Crippen molar-refractivity contribution in [2.45, 2.75) is 17.2 Å². The Morgan fingerprint density at radius 1 is 1.24 bits per heavy atom. The summed E-state index contributed by atoms with van der Waals surface area (Å²) in [5, 5.41) is -0.826. The van der Waals surface area contributed by atoms with E-state index in [0.717, 1.165) is 6.08 Å². The van der Waals surface area contributed by atoms with E-state index < -0.39 is 22.4 Å². The van der Waals surface area contributed by atoms with Gasteiger partial charge in [-0.25, -0.2) is 0 Å². The summed E-state index contributed by atoms with van der Waals surface area (Å²) in [4.78, 5) is 8.56. The van der Waals surface area contributed by atoms with E-state index in [9.17, 15) is 18.0 Å². The Kier molecular flexibility index (Phi) is 4.35. The Morgan fingerprint density at radius 2 is 1.90 bits per heavy atom. The number of rotatable bonds is 3. The minimum Gasteiger partial charge on any atom is -0.483 e. The third kappa shape index (κ3) is 3.09. The van der Waals surface area contributed by atoms with E-state index in [2.05, 4.69) is 0 Å². The molecule has 1 aliphatic carbocycles. The van der Waals surface area contributed by atoms with Crippen molar-refractivity contribution in [3.63, 3.8) is 0 Å². The zero-order chi connectivity index (χ0) is 15.7. The molecular formula is C14H9Cl2F3O2. The van der Waals surface area contributed by atoms with Crippen LogP contribution in [0.2, 0.25) is 0 Å². The number of halogens is 5. The van der Waals surface area contributed by atoms with Gasteiger partial charge in [0.05, 0.1) is 5.56 Å². The van der Waals surface area contributed by atoms with E-state index in [-0.39, 0.29) is 11.3 Å². The normalized spacial score (nSPS) is 24.9. The second-order valence-corrected chi connectivity index (χ2v) is 5.29. The largest absolute Gasteiger partial charge is 0.483 e. The van der Waals surface area contributed by atoms with Gasteiger partial charge in [-0.2, -0.15) is 13.2 Å². The van der Waals surface area contributed by atoms with Gasteiger partial charge in [0.1, 0.15) is 11.9 Å². The third-order valence-corrected chi connectivity index (χ3v) is 3.70. The monoisotopic (exact) mass is 336 g/mol. The quantitative estimate of drug-likeness (QED) is 0.601. The highest BCUT2D eigenvalue weighted by Gasteiger charge is 2.58. The molecule has 0 N–H and O–H groups in total. The van der Waals surface area contributed by atoms with E-state index in [1.54, 1.807) is 0 Å². The van der Waals surface area contributed by atoms with Gasteiger partial charge in [-0.05, 0) is 29.8 Å². The summed E-state index contributed by atoms with van der Waals surface area (Å²) in [6.07, 6.45) is -1.66.